The number of rotatable bonds is 5. The van der Waals surface area contributed by atoms with Crippen molar-refractivity contribution >= 4 is 12.4 Å². The number of hydrogen-bond donors (Lipinski definition) is 0. The first-order valence-electron chi connectivity index (χ1n) is 11.4. The third-order valence-electron chi connectivity index (χ3n) is 6.63. The van der Waals surface area contributed by atoms with Crippen LogP contribution in [0.1, 0.15) is 36.3 Å². The first-order valence-corrected chi connectivity index (χ1v) is 11.4. The van der Waals surface area contributed by atoms with Crippen LogP contribution in [-0.4, -0.2) is 30.6 Å². The molecular formula is C27H27ClF3NO2. The molecule has 180 valence electrons. The molecule has 0 saturated carbocycles. The second-order valence-electron chi connectivity index (χ2n) is 8.81. The Labute approximate surface area is 203 Å². The van der Waals surface area contributed by atoms with Gasteiger partial charge in [0.2, 0.25) is 5.82 Å². The molecule has 0 spiro atoms. The highest BCUT2D eigenvalue weighted by Gasteiger charge is 2.26. The lowest BCUT2D eigenvalue weighted by atomic mass is 9.89. The van der Waals surface area contributed by atoms with E-state index in [1.807, 2.05) is 18.2 Å². The quantitative estimate of drug-likeness (QED) is 0.364. The summed E-state index contributed by atoms with van der Waals surface area (Å²) in [5.74, 6) is -2.56. The summed E-state index contributed by atoms with van der Waals surface area (Å²) in [6.45, 7) is 2.99. The molecule has 0 aromatic heterocycles. The van der Waals surface area contributed by atoms with Crippen LogP contribution in [0.25, 0.3) is 0 Å². The molecule has 3 aromatic carbocycles. The number of nitrogens with zero attached hydrogens (tertiary/aromatic N) is 1. The van der Waals surface area contributed by atoms with Crippen molar-refractivity contribution in [1.29, 1.82) is 0 Å². The normalized spacial score (nSPS) is 18.5. The summed E-state index contributed by atoms with van der Waals surface area (Å²) in [6, 6.07) is 17.7. The maximum absolute atomic E-state index is 13.8. The number of piperidine rings is 1. The van der Waals surface area contributed by atoms with E-state index < -0.39 is 17.5 Å². The first kappa shape index (κ1) is 24.4. The zero-order valence-corrected chi connectivity index (χ0v) is 19.5. The van der Waals surface area contributed by atoms with Gasteiger partial charge < -0.3 is 9.47 Å². The summed E-state index contributed by atoms with van der Waals surface area (Å²) in [7, 11) is 0. The van der Waals surface area contributed by atoms with Gasteiger partial charge >= 0.3 is 0 Å². The zero-order chi connectivity index (χ0) is 22.8. The molecule has 1 unspecified atom stereocenters. The molecule has 3 nitrogen and oxygen atoms in total. The summed E-state index contributed by atoms with van der Waals surface area (Å²) in [5.41, 5.74) is 2.50. The lowest BCUT2D eigenvalue weighted by Crippen LogP contribution is -2.41. The summed E-state index contributed by atoms with van der Waals surface area (Å²) in [4.78, 5) is 2.48. The Morgan fingerprint density at radius 1 is 0.853 bits per heavy atom. The Bertz CT molecular complexity index is 1120. The van der Waals surface area contributed by atoms with Crippen LogP contribution in [0.4, 0.5) is 13.2 Å². The van der Waals surface area contributed by atoms with Crippen molar-refractivity contribution in [2.45, 2.75) is 37.7 Å². The Kier molecular flexibility index (Phi) is 7.69. The summed E-state index contributed by atoms with van der Waals surface area (Å²) >= 11 is 0. The van der Waals surface area contributed by atoms with Gasteiger partial charge in [0.25, 0.3) is 0 Å². The largest absolute Gasteiger partial charge is 0.489 e. The van der Waals surface area contributed by atoms with Gasteiger partial charge in [-0.15, -0.1) is 12.4 Å². The maximum atomic E-state index is 13.8. The van der Waals surface area contributed by atoms with E-state index in [-0.39, 0.29) is 24.3 Å². The Balaban J connectivity index is 0.00000274. The van der Waals surface area contributed by atoms with Crippen molar-refractivity contribution in [2.24, 2.45) is 0 Å². The van der Waals surface area contributed by atoms with Gasteiger partial charge in [-0.25, -0.2) is 8.78 Å². The molecule has 2 aliphatic rings. The fraction of sp³-hybridized carbons (Fsp3) is 0.333. The second-order valence-corrected chi connectivity index (χ2v) is 8.81. The number of aryl methyl sites for hydroxylation is 1. The Hall–Kier alpha value is -2.70. The van der Waals surface area contributed by atoms with Crippen molar-refractivity contribution < 1.29 is 22.6 Å². The van der Waals surface area contributed by atoms with Crippen molar-refractivity contribution in [3.63, 3.8) is 0 Å². The third kappa shape index (κ3) is 5.34. The van der Waals surface area contributed by atoms with Gasteiger partial charge in [-0.1, -0.05) is 30.3 Å². The smallest absolute Gasteiger partial charge is 0.204 e. The highest BCUT2D eigenvalue weighted by atomic mass is 35.5. The van der Waals surface area contributed by atoms with Crippen LogP contribution in [0.3, 0.4) is 0 Å². The fourth-order valence-electron chi connectivity index (χ4n) is 4.77. The number of para-hydroxylation sites is 1. The van der Waals surface area contributed by atoms with Crippen LogP contribution in [0.15, 0.2) is 60.7 Å². The average Bonchev–Trinajstić information content (AvgIpc) is 2.85. The summed E-state index contributed by atoms with van der Waals surface area (Å²) < 4.78 is 52.0. The molecule has 0 aliphatic carbocycles. The molecular weight excluding hydrogens is 463 g/mol. The summed E-state index contributed by atoms with van der Waals surface area (Å²) in [5, 5.41) is 0. The Morgan fingerprint density at radius 2 is 1.59 bits per heavy atom. The number of benzene rings is 3. The van der Waals surface area contributed by atoms with Gasteiger partial charge in [0, 0.05) is 6.54 Å². The summed E-state index contributed by atoms with van der Waals surface area (Å²) in [6.07, 6.45) is 4.48. The van der Waals surface area contributed by atoms with Gasteiger partial charge in [0.1, 0.15) is 17.6 Å². The molecule has 34 heavy (non-hydrogen) atoms. The molecule has 5 rings (SSSR count). The molecule has 1 fully saturated rings. The number of fused-ring (bicyclic) bond motifs is 1. The van der Waals surface area contributed by atoms with E-state index in [0.29, 0.717) is 11.7 Å². The van der Waals surface area contributed by atoms with Crippen molar-refractivity contribution in [2.75, 3.05) is 19.6 Å². The van der Waals surface area contributed by atoms with Crippen LogP contribution in [-0.2, 0) is 6.42 Å². The first-order chi connectivity index (χ1) is 16.1. The molecule has 3 aromatic rings. The third-order valence-corrected chi connectivity index (χ3v) is 6.63. The minimum absolute atomic E-state index is 0. The molecule has 0 N–H and O–H groups in total. The van der Waals surface area contributed by atoms with Crippen molar-refractivity contribution in [3.05, 3.63) is 89.2 Å². The Morgan fingerprint density at radius 3 is 2.35 bits per heavy atom. The van der Waals surface area contributed by atoms with Gasteiger partial charge in [-0.05, 0) is 86.1 Å². The molecule has 0 radical (unpaired) electrons. The van der Waals surface area contributed by atoms with E-state index in [2.05, 4.69) is 23.1 Å². The molecule has 0 amide bonds. The van der Waals surface area contributed by atoms with Gasteiger partial charge in [0.15, 0.2) is 17.4 Å². The fourth-order valence-corrected chi connectivity index (χ4v) is 4.77. The number of halogens is 4. The van der Waals surface area contributed by atoms with E-state index in [4.69, 9.17) is 9.47 Å². The predicted molar refractivity (Wildman–Crippen MR) is 128 cm³/mol. The number of ether oxygens (including phenoxy) is 2. The van der Waals surface area contributed by atoms with E-state index in [1.54, 1.807) is 12.1 Å². The van der Waals surface area contributed by atoms with Crippen LogP contribution in [0.5, 0.6) is 17.2 Å². The van der Waals surface area contributed by atoms with Gasteiger partial charge in [-0.3, -0.25) is 4.90 Å². The van der Waals surface area contributed by atoms with Crippen LogP contribution >= 0.6 is 12.4 Å². The predicted octanol–water partition coefficient (Wildman–Crippen LogP) is 6.89. The number of likely N-dealkylation sites (tertiary alicyclic amines) is 1. The maximum Gasteiger partial charge on any atom is 0.204 e. The number of hydrogen-bond acceptors (Lipinski definition) is 3. The lowest BCUT2D eigenvalue weighted by molar-refractivity contribution is 0.0990. The SMILES string of the molecule is Cl.Fc1ccc(Oc2ccc(C3CCN(CC4CCc5ccccc5O4)CC3)cc2)c(F)c1F. The standard InChI is InChI=1S/C27H26F3NO2.ClH/c28-23-11-12-25(27(30)26(23)29)32-21-8-5-18(6-9-21)19-13-15-31(16-14-19)17-22-10-7-20-3-1-2-4-24(20)33-22;/h1-6,8-9,11-12,19,22H,7,10,13-17H2;1H. The van der Waals surface area contributed by atoms with Crippen LogP contribution in [0, 0.1) is 17.5 Å². The zero-order valence-electron chi connectivity index (χ0n) is 18.7. The van der Waals surface area contributed by atoms with Gasteiger partial charge in [-0.2, -0.15) is 4.39 Å². The minimum Gasteiger partial charge on any atom is -0.489 e. The van der Waals surface area contributed by atoms with E-state index in [9.17, 15) is 13.2 Å². The molecule has 2 heterocycles. The average molecular weight is 490 g/mol. The van der Waals surface area contributed by atoms with E-state index in [0.717, 1.165) is 63.2 Å². The highest BCUT2D eigenvalue weighted by molar-refractivity contribution is 5.85. The molecule has 1 saturated heterocycles. The van der Waals surface area contributed by atoms with E-state index in [1.165, 1.54) is 11.1 Å². The highest BCUT2D eigenvalue weighted by Crippen LogP contribution is 2.33. The minimum atomic E-state index is -1.53. The molecule has 0 bridgehead atoms. The molecule has 1 atom stereocenters. The van der Waals surface area contributed by atoms with Crippen LogP contribution in [0.2, 0.25) is 0 Å². The lowest BCUT2D eigenvalue weighted by Gasteiger charge is -2.36. The monoisotopic (exact) mass is 489 g/mol. The molecule has 7 heteroatoms. The molecule has 2 aliphatic heterocycles. The van der Waals surface area contributed by atoms with E-state index >= 15 is 0 Å². The topological polar surface area (TPSA) is 21.7 Å². The van der Waals surface area contributed by atoms with Crippen LogP contribution < -0.4 is 9.47 Å². The van der Waals surface area contributed by atoms with Gasteiger partial charge in [0.05, 0.1) is 0 Å². The van der Waals surface area contributed by atoms with Crippen molar-refractivity contribution in [1.82, 2.24) is 4.90 Å². The van der Waals surface area contributed by atoms with Crippen molar-refractivity contribution in [3.8, 4) is 17.2 Å². The second kappa shape index (κ2) is 10.7.